The molecule has 1 amide bonds. The number of nitrogens with one attached hydrogen (secondary N) is 1. The zero-order chi connectivity index (χ0) is 15.8. The van der Waals surface area contributed by atoms with Crippen molar-refractivity contribution in [2.24, 2.45) is 5.92 Å². The van der Waals surface area contributed by atoms with E-state index in [-0.39, 0.29) is 24.4 Å². The van der Waals surface area contributed by atoms with Crippen LogP contribution >= 0.6 is 0 Å². The van der Waals surface area contributed by atoms with E-state index >= 15 is 0 Å². The standard InChI is InChI=1S/C17H21NO4/c1-21-15-10-6-5-9-14(15)11-18-16(19)12-22-17(20)13-7-3-2-4-8-13/h2-3,5-6,9-10,13H,4,7-8,11-12H2,1H3,(H,18,19)/t13-/m0/s1. The second-order valence-electron chi connectivity index (χ2n) is 5.18. The quantitative estimate of drug-likeness (QED) is 0.646. The van der Waals surface area contributed by atoms with E-state index in [1.807, 2.05) is 30.3 Å². The molecule has 1 aliphatic rings. The number of amides is 1. The van der Waals surface area contributed by atoms with Crippen LogP contribution in [0.4, 0.5) is 0 Å². The lowest BCUT2D eigenvalue weighted by Crippen LogP contribution is -2.30. The van der Waals surface area contributed by atoms with Crippen LogP contribution in [0.5, 0.6) is 5.75 Å². The maximum atomic E-state index is 11.8. The van der Waals surface area contributed by atoms with Gasteiger partial charge in [0, 0.05) is 12.1 Å². The predicted octanol–water partition coefficient (Wildman–Crippen LogP) is 2.21. The summed E-state index contributed by atoms with van der Waals surface area (Å²) in [6.07, 6.45) is 6.42. The molecule has 5 nitrogen and oxygen atoms in total. The van der Waals surface area contributed by atoms with Crippen LogP contribution in [0.25, 0.3) is 0 Å². The van der Waals surface area contributed by atoms with Gasteiger partial charge in [-0.05, 0) is 25.3 Å². The molecule has 1 aromatic rings. The Hall–Kier alpha value is -2.30. The van der Waals surface area contributed by atoms with Crippen LogP contribution in [0.15, 0.2) is 36.4 Å². The second-order valence-corrected chi connectivity index (χ2v) is 5.18. The van der Waals surface area contributed by atoms with Crippen molar-refractivity contribution in [1.82, 2.24) is 5.32 Å². The Morgan fingerprint density at radius 1 is 1.27 bits per heavy atom. The van der Waals surface area contributed by atoms with Crippen molar-refractivity contribution in [3.05, 3.63) is 42.0 Å². The Morgan fingerprint density at radius 2 is 2.09 bits per heavy atom. The molecule has 0 aliphatic heterocycles. The number of hydrogen-bond donors (Lipinski definition) is 1. The van der Waals surface area contributed by atoms with Crippen LogP contribution in [-0.4, -0.2) is 25.6 Å². The number of carbonyl (C=O) groups excluding carboxylic acids is 2. The van der Waals surface area contributed by atoms with Crippen LogP contribution in [0.3, 0.4) is 0 Å². The van der Waals surface area contributed by atoms with Crippen molar-refractivity contribution < 1.29 is 19.1 Å². The van der Waals surface area contributed by atoms with E-state index in [1.165, 1.54) is 0 Å². The molecule has 0 fully saturated rings. The number of para-hydroxylation sites is 1. The summed E-state index contributed by atoms with van der Waals surface area (Å²) >= 11 is 0. The molecule has 5 heteroatoms. The molecule has 0 saturated heterocycles. The van der Waals surface area contributed by atoms with Crippen molar-refractivity contribution in [2.75, 3.05) is 13.7 Å². The van der Waals surface area contributed by atoms with Gasteiger partial charge in [0.25, 0.3) is 5.91 Å². The first-order valence-corrected chi connectivity index (χ1v) is 7.41. The van der Waals surface area contributed by atoms with E-state index in [4.69, 9.17) is 9.47 Å². The summed E-state index contributed by atoms with van der Waals surface area (Å²) in [6, 6.07) is 7.45. The lowest BCUT2D eigenvalue weighted by atomic mass is 9.95. The van der Waals surface area contributed by atoms with E-state index in [0.29, 0.717) is 18.7 Å². The highest BCUT2D eigenvalue weighted by atomic mass is 16.5. The minimum absolute atomic E-state index is 0.119. The monoisotopic (exact) mass is 303 g/mol. The average Bonchev–Trinajstić information content (AvgIpc) is 2.58. The maximum absolute atomic E-state index is 11.8. The van der Waals surface area contributed by atoms with E-state index in [0.717, 1.165) is 18.4 Å². The van der Waals surface area contributed by atoms with Gasteiger partial charge in [-0.2, -0.15) is 0 Å². The van der Waals surface area contributed by atoms with Gasteiger partial charge in [0.05, 0.1) is 13.0 Å². The summed E-state index contributed by atoms with van der Waals surface area (Å²) in [5.74, 6) is -0.0109. The normalized spacial score (nSPS) is 16.9. The van der Waals surface area contributed by atoms with Gasteiger partial charge in [-0.1, -0.05) is 30.4 Å². The molecule has 0 heterocycles. The Bertz CT molecular complexity index is 553. The minimum atomic E-state index is -0.314. The molecule has 0 bridgehead atoms. The third kappa shape index (κ3) is 4.62. The highest BCUT2D eigenvalue weighted by Gasteiger charge is 2.20. The Morgan fingerprint density at radius 3 is 2.82 bits per heavy atom. The number of methoxy groups -OCH3 is 1. The SMILES string of the molecule is COc1ccccc1CNC(=O)COC(=O)[C@H]1CC=CCC1. The molecule has 0 radical (unpaired) electrons. The molecule has 2 rings (SSSR count). The summed E-state index contributed by atoms with van der Waals surface area (Å²) in [7, 11) is 1.58. The number of ether oxygens (including phenoxy) is 2. The first kappa shape index (κ1) is 16.1. The lowest BCUT2D eigenvalue weighted by Gasteiger charge is -2.16. The highest BCUT2D eigenvalue weighted by molar-refractivity contribution is 5.81. The third-order valence-electron chi connectivity index (χ3n) is 3.62. The number of carbonyl (C=O) groups is 2. The highest BCUT2D eigenvalue weighted by Crippen LogP contribution is 2.19. The van der Waals surface area contributed by atoms with E-state index < -0.39 is 0 Å². The fraction of sp³-hybridized carbons (Fsp3) is 0.412. The summed E-state index contributed by atoms with van der Waals surface area (Å²) in [5, 5.41) is 2.72. The zero-order valence-electron chi connectivity index (χ0n) is 12.7. The summed E-state index contributed by atoms with van der Waals surface area (Å²) in [5.41, 5.74) is 0.877. The molecule has 0 saturated carbocycles. The summed E-state index contributed by atoms with van der Waals surface area (Å²) in [6.45, 7) is 0.0980. The van der Waals surface area contributed by atoms with Crippen molar-refractivity contribution in [3.8, 4) is 5.75 Å². The molecule has 1 atom stereocenters. The van der Waals surface area contributed by atoms with Crippen molar-refractivity contribution >= 4 is 11.9 Å². The smallest absolute Gasteiger partial charge is 0.309 e. The zero-order valence-corrected chi connectivity index (χ0v) is 12.7. The van der Waals surface area contributed by atoms with Crippen molar-refractivity contribution in [2.45, 2.75) is 25.8 Å². The fourth-order valence-electron chi connectivity index (χ4n) is 2.36. The van der Waals surface area contributed by atoms with Gasteiger partial charge in [0.15, 0.2) is 6.61 Å². The molecule has 118 valence electrons. The summed E-state index contributed by atoms with van der Waals surface area (Å²) in [4.78, 5) is 23.6. The molecule has 0 aromatic heterocycles. The van der Waals surface area contributed by atoms with E-state index in [9.17, 15) is 9.59 Å². The van der Waals surface area contributed by atoms with Gasteiger partial charge in [-0.25, -0.2) is 0 Å². The maximum Gasteiger partial charge on any atom is 0.309 e. The fourth-order valence-corrected chi connectivity index (χ4v) is 2.36. The van der Waals surface area contributed by atoms with Gasteiger partial charge >= 0.3 is 5.97 Å². The molecule has 1 aliphatic carbocycles. The van der Waals surface area contributed by atoms with E-state index in [1.54, 1.807) is 7.11 Å². The Kier molecular flexibility index (Phi) is 6.01. The van der Waals surface area contributed by atoms with Gasteiger partial charge < -0.3 is 14.8 Å². The number of benzene rings is 1. The molecule has 0 unspecified atom stereocenters. The molecular formula is C17H21NO4. The van der Waals surface area contributed by atoms with Crippen molar-refractivity contribution in [3.63, 3.8) is 0 Å². The molecule has 1 aromatic carbocycles. The number of rotatable bonds is 6. The lowest BCUT2D eigenvalue weighted by molar-refractivity contribution is -0.152. The molecule has 22 heavy (non-hydrogen) atoms. The molecule has 1 N–H and O–H groups in total. The van der Waals surface area contributed by atoms with Gasteiger partial charge in [0.2, 0.25) is 0 Å². The average molecular weight is 303 g/mol. The third-order valence-corrected chi connectivity index (χ3v) is 3.62. The number of esters is 1. The number of allylic oxidation sites excluding steroid dienone is 2. The van der Waals surface area contributed by atoms with Gasteiger partial charge in [-0.15, -0.1) is 0 Å². The van der Waals surface area contributed by atoms with E-state index in [2.05, 4.69) is 11.4 Å². The van der Waals surface area contributed by atoms with Crippen LogP contribution in [-0.2, 0) is 20.9 Å². The second kappa shape index (κ2) is 8.22. The number of hydrogen-bond acceptors (Lipinski definition) is 4. The first-order chi connectivity index (χ1) is 10.7. The van der Waals surface area contributed by atoms with Crippen LogP contribution in [0.1, 0.15) is 24.8 Å². The Labute approximate surface area is 130 Å². The van der Waals surface area contributed by atoms with Gasteiger partial charge in [0.1, 0.15) is 5.75 Å². The van der Waals surface area contributed by atoms with Gasteiger partial charge in [-0.3, -0.25) is 9.59 Å². The van der Waals surface area contributed by atoms with Crippen LogP contribution in [0, 0.1) is 5.92 Å². The first-order valence-electron chi connectivity index (χ1n) is 7.41. The van der Waals surface area contributed by atoms with Crippen LogP contribution < -0.4 is 10.1 Å². The van der Waals surface area contributed by atoms with Crippen LogP contribution in [0.2, 0.25) is 0 Å². The molecular weight excluding hydrogens is 282 g/mol. The Balaban J connectivity index is 1.74. The van der Waals surface area contributed by atoms with Crippen molar-refractivity contribution in [1.29, 1.82) is 0 Å². The summed E-state index contributed by atoms with van der Waals surface area (Å²) < 4.78 is 10.3. The predicted molar refractivity (Wildman–Crippen MR) is 82.3 cm³/mol. The largest absolute Gasteiger partial charge is 0.496 e. The minimum Gasteiger partial charge on any atom is -0.496 e. The topological polar surface area (TPSA) is 64.6 Å². The molecule has 0 spiro atoms.